The van der Waals surface area contributed by atoms with Crippen LogP contribution in [0.25, 0.3) is 0 Å². The highest BCUT2D eigenvalue weighted by Crippen LogP contribution is 2.26. The molecule has 104 valence electrons. The van der Waals surface area contributed by atoms with E-state index in [1.165, 1.54) is 13.4 Å². The molecule has 8 heteroatoms. The topological polar surface area (TPSA) is 68.5 Å². The highest BCUT2D eigenvalue weighted by atomic mass is 79.9. The fourth-order valence-electron chi connectivity index (χ4n) is 1.47. The number of sulfonamides is 1. The van der Waals surface area contributed by atoms with E-state index in [1.54, 1.807) is 24.3 Å². The highest BCUT2D eigenvalue weighted by molar-refractivity contribution is 9.11. The van der Waals surface area contributed by atoms with Crippen molar-refractivity contribution in [2.75, 3.05) is 13.7 Å². The van der Waals surface area contributed by atoms with E-state index in [-0.39, 0.29) is 10.8 Å². The van der Waals surface area contributed by atoms with Gasteiger partial charge >= 0.3 is 0 Å². The summed E-state index contributed by atoms with van der Waals surface area (Å²) < 4.78 is 38.0. The molecule has 0 aliphatic carbocycles. The maximum atomic E-state index is 12.0. The Hall–Kier alpha value is -0.670. The number of thiophene rings is 1. The van der Waals surface area contributed by atoms with Gasteiger partial charge in [-0.05, 0) is 40.2 Å². The van der Waals surface area contributed by atoms with Crippen molar-refractivity contribution in [1.82, 2.24) is 4.72 Å². The Morgan fingerprint density at radius 3 is 2.79 bits per heavy atom. The van der Waals surface area contributed by atoms with Crippen LogP contribution in [-0.2, 0) is 14.8 Å². The van der Waals surface area contributed by atoms with Gasteiger partial charge in [0.15, 0.2) is 0 Å². The van der Waals surface area contributed by atoms with Crippen molar-refractivity contribution in [2.24, 2.45) is 0 Å². The molecule has 0 fully saturated rings. The molecule has 0 spiro atoms. The van der Waals surface area contributed by atoms with Gasteiger partial charge in [0.05, 0.1) is 10.0 Å². The van der Waals surface area contributed by atoms with Crippen LogP contribution in [0, 0.1) is 0 Å². The van der Waals surface area contributed by atoms with Gasteiger partial charge in [-0.2, -0.15) is 0 Å². The number of hydrogen-bond donors (Lipinski definition) is 1. The molecule has 5 nitrogen and oxygen atoms in total. The molecular formula is C11H12BrNO4S2. The summed E-state index contributed by atoms with van der Waals surface area (Å²) in [5.41, 5.74) is 0. The van der Waals surface area contributed by atoms with Gasteiger partial charge in [0, 0.05) is 13.7 Å². The minimum atomic E-state index is -3.52. The van der Waals surface area contributed by atoms with Crippen molar-refractivity contribution >= 4 is 37.3 Å². The molecule has 1 atom stereocenters. The Kier molecular flexibility index (Phi) is 4.80. The Balaban J connectivity index is 2.05. The largest absolute Gasteiger partial charge is 0.467 e. The molecule has 0 saturated heterocycles. The molecule has 19 heavy (non-hydrogen) atoms. The van der Waals surface area contributed by atoms with Gasteiger partial charge in [-0.25, -0.2) is 13.1 Å². The van der Waals surface area contributed by atoms with Crippen molar-refractivity contribution in [3.8, 4) is 0 Å². The second-order valence-corrected chi connectivity index (χ2v) is 8.11. The zero-order valence-corrected chi connectivity index (χ0v) is 13.2. The Morgan fingerprint density at radius 1 is 1.47 bits per heavy atom. The molecule has 0 aliphatic heterocycles. The smallest absolute Gasteiger partial charge is 0.250 e. The first-order valence-electron chi connectivity index (χ1n) is 5.34. The molecule has 1 N–H and O–H groups in total. The van der Waals surface area contributed by atoms with Crippen LogP contribution in [0.1, 0.15) is 11.9 Å². The first-order valence-corrected chi connectivity index (χ1v) is 8.43. The van der Waals surface area contributed by atoms with E-state index in [4.69, 9.17) is 9.15 Å². The number of rotatable bonds is 6. The monoisotopic (exact) mass is 365 g/mol. The van der Waals surface area contributed by atoms with E-state index >= 15 is 0 Å². The molecule has 2 aromatic heterocycles. The SMILES string of the molecule is CO[C@@H](CNS(=O)(=O)c1ccc(Br)s1)c1ccco1. The average molecular weight is 366 g/mol. The third-order valence-corrected chi connectivity index (χ3v) is 5.96. The second kappa shape index (κ2) is 6.19. The molecule has 0 bridgehead atoms. The summed E-state index contributed by atoms with van der Waals surface area (Å²) in [5.74, 6) is 0.581. The molecule has 0 amide bonds. The maximum absolute atomic E-state index is 12.0. The lowest BCUT2D eigenvalue weighted by molar-refractivity contribution is 0.0878. The first-order chi connectivity index (χ1) is 9.03. The minimum Gasteiger partial charge on any atom is -0.467 e. The summed E-state index contributed by atoms with van der Waals surface area (Å²) in [6.45, 7) is 0.113. The standard InChI is InChI=1S/C11H12BrNO4S2/c1-16-9(8-3-2-6-17-8)7-13-19(14,15)11-5-4-10(12)18-11/h2-6,9,13H,7H2,1H3/t9-/m0/s1. The summed E-state index contributed by atoms with van der Waals surface area (Å²) >= 11 is 4.39. The molecule has 0 aliphatic rings. The minimum absolute atomic E-state index is 0.113. The van der Waals surface area contributed by atoms with Crippen LogP contribution in [0.5, 0.6) is 0 Å². The Bertz CT molecular complexity index is 621. The number of methoxy groups -OCH3 is 1. The summed E-state index contributed by atoms with van der Waals surface area (Å²) in [6, 6.07) is 6.71. The predicted molar refractivity (Wildman–Crippen MR) is 75.7 cm³/mol. The molecule has 2 rings (SSSR count). The molecule has 2 heterocycles. The van der Waals surface area contributed by atoms with Gasteiger partial charge in [-0.15, -0.1) is 11.3 Å². The first kappa shape index (κ1) is 14.7. The van der Waals surface area contributed by atoms with Gasteiger partial charge in [-0.1, -0.05) is 0 Å². The quantitative estimate of drug-likeness (QED) is 0.854. The van der Waals surface area contributed by atoms with Gasteiger partial charge in [0.1, 0.15) is 16.1 Å². The summed E-state index contributed by atoms with van der Waals surface area (Å²) in [5, 5.41) is 0. The van der Waals surface area contributed by atoms with Crippen LogP contribution in [0.4, 0.5) is 0 Å². The van der Waals surface area contributed by atoms with E-state index in [1.807, 2.05) is 0 Å². The van der Waals surface area contributed by atoms with Crippen LogP contribution in [0.3, 0.4) is 0 Å². The van der Waals surface area contributed by atoms with Crippen molar-refractivity contribution in [3.63, 3.8) is 0 Å². The molecule has 0 unspecified atom stereocenters. The maximum Gasteiger partial charge on any atom is 0.250 e. The van der Waals surface area contributed by atoms with Gasteiger partial charge in [0.2, 0.25) is 10.0 Å². The number of furan rings is 1. The molecule has 0 aromatic carbocycles. The number of hydrogen-bond acceptors (Lipinski definition) is 5. The fourth-order valence-corrected chi connectivity index (χ4v) is 4.56. The Labute approximate surface area is 123 Å². The van der Waals surface area contributed by atoms with E-state index < -0.39 is 16.1 Å². The van der Waals surface area contributed by atoms with E-state index in [0.717, 1.165) is 15.1 Å². The van der Waals surface area contributed by atoms with Crippen molar-refractivity contribution in [3.05, 3.63) is 40.1 Å². The lowest BCUT2D eigenvalue weighted by Gasteiger charge is -2.13. The summed E-state index contributed by atoms with van der Waals surface area (Å²) in [4.78, 5) is 0. The fraction of sp³-hybridized carbons (Fsp3) is 0.273. The normalized spacial score (nSPS) is 13.6. The van der Waals surface area contributed by atoms with Gasteiger partial charge in [0.25, 0.3) is 0 Å². The number of nitrogens with one attached hydrogen (secondary N) is 1. The van der Waals surface area contributed by atoms with Gasteiger partial charge in [-0.3, -0.25) is 0 Å². The van der Waals surface area contributed by atoms with Crippen molar-refractivity contribution < 1.29 is 17.6 Å². The average Bonchev–Trinajstić information content (AvgIpc) is 3.01. The van der Waals surface area contributed by atoms with Crippen molar-refractivity contribution in [2.45, 2.75) is 10.3 Å². The third kappa shape index (κ3) is 3.67. The van der Waals surface area contributed by atoms with E-state index in [9.17, 15) is 8.42 Å². The lowest BCUT2D eigenvalue weighted by Crippen LogP contribution is -2.28. The molecule has 0 saturated carbocycles. The van der Waals surface area contributed by atoms with Crippen LogP contribution >= 0.6 is 27.3 Å². The van der Waals surface area contributed by atoms with Crippen LogP contribution in [0.2, 0.25) is 0 Å². The van der Waals surface area contributed by atoms with Crippen LogP contribution < -0.4 is 4.72 Å². The molecular weight excluding hydrogens is 354 g/mol. The summed E-state index contributed by atoms with van der Waals surface area (Å²) in [6.07, 6.45) is 1.07. The predicted octanol–water partition coefficient (Wildman–Crippen LogP) is 2.77. The number of halogens is 1. The summed E-state index contributed by atoms with van der Waals surface area (Å²) in [7, 11) is -2.02. The van der Waals surface area contributed by atoms with Gasteiger partial charge < -0.3 is 9.15 Å². The van der Waals surface area contributed by atoms with Crippen LogP contribution in [-0.4, -0.2) is 22.1 Å². The highest BCUT2D eigenvalue weighted by Gasteiger charge is 2.20. The lowest BCUT2D eigenvalue weighted by atomic mass is 10.3. The third-order valence-electron chi connectivity index (χ3n) is 2.42. The van der Waals surface area contributed by atoms with E-state index in [0.29, 0.717) is 5.76 Å². The second-order valence-electron chi connectivity index (χ2n) is 3.65. The molecule has 0 radical (unpaired) electrons. The van der Waals surface area contributed by atoms with E-state index in [2.05, 4.69) is 20.7 Å². The van der Waals surface area contributed by atoms with Crippen molar-refractivity contribution in [1.29, 1.82) is 0 Å². The number of ether oxygens (including phenoxy) is 1. The zero-order chi connectivity index (χ0) is 13.9. The zero-order valence-electron chi connectivity index (χ0n) is 10.00. The molecule has 2 aromatic rings. The Morgan fingerprint density at radius 2 is 2.26 bits per heavy atom. The van der Waals surface area contributed by atoms with Crippen LogP contribution in [0.15, 0.2) is 42.9 Å².